The van der Waals surface area contributed by atoms with Gasteiger partial charge in [0.05, 0.1) is 36.7 Å². The summed E-state index contributed by atoms with van der Waals surface area (Å²) in [6, 6.07) is 13.7. The fourth-order valence-electron chi connectivity index (χ4n) is 2.39. The second-order valence-electron chi connectivity index (χ2n) is 5.56. The van der Waals surface area contributed by atoms with Crippen LogP contribution in [0.5, 0.6) is 0 Å². The number of benzene rings is 2. The Hall–Kier alpha value is -1.97. The number of carbonyl (C=O) groups excluding carboxylic acids is 1. The van der Waals surface area contributed by atoms with Gasteiger partial charge in [0.15, 0.2) is 0 Å². The molecule has 0 heterocycles. The molecule has 0 saturated carbocycles. The van der Waals surface area contributed by atoms with Crippen LogP contribution in [0.15, 0.2) is 46.9 Å². The Morgan fingerprint density at radius 2 is 1.78 bits per heavy atom. The molecule has 0 unspecified atom stereocenters. The van der Waals surface area contributed by atoms with Crippen molar-refractivity contribution in [1.29, 1.82) is 5.26 Å². The van der Waals surface area contributed by atoms with Crippen LogP contribution in [-0.4, -0.2) is 19.1 Å². The van der Waals surface area contributed by atoms with Crippen molar-refractivity contribution < 1.29 is 18.4 Å². The molecule has 27 heavy (non-hydrogen) atoms. The van der Waals surface area contributed by atoms with Crippen molar-refractivity contribution in [2.45, 2.75) is 20.0 Å². The Labute approximate surface area is 167 Å². The Balaban J connectivity index is 2.09. The smallest absolute Gasteiger partial charge is 0.321 e. The summed E-state index contributed by atoms with van der Waals surface area (Å²) in [5.41, 5.74) is 2.28. The normalized spacial score (nSPS) is 11.0. The number of nitriles is 1. The highest BCUT2D eigenvalue weighted by atomic mass is 79.9. The molecule has 1 amide bonds. The zero-order chi connectivity index (χ0) is 19.9. The average molecular weight is 451 g/mol. The molecule has 0 aliphatic rings. The monoisotopic (exact) mass is 450 g/mol. The van der Waals surface area contributed by atoms with E-state index in [2.05, 4.69) is 21.2 Å². The summed E-state index contributed by atoms with van der Waals surface area (Å²) in [7, 11) is -3.18. The standard InChI is InChI=1S/C19H20BrN2O4P/c1-3-25-27(24,26-4-2)13-14-5-8-16(9-6-14)19(23)22-18-10-7-15(12-21)11-17(18)20/h5-11H,3-4,13H2,1-2H3,(H,22,23). The van der Waals surface area contributed by atoms with Gasteiger partial charge in [-0.2, -0.15) is 5.26 Å². The Bertz CT molecular complexity index is 884. The van der Waals surface area contributed by atoms with Crippen LogP contribution in [0.3, 0.4) is 0 Å². The summed E-state index contributed by atoms with van der Waals surface area (Å²) in [5, 5.41) is 11.7. The minimum Gasteiger partial charge on any atom is -0.321 e. The van der Waals surface area contributed by atoms with Crippen molar-refractivity contribution in [3.8, 4) is 6.07 Å². The molecule has 0 aliphatic carbocycles. The highest BCUT2D eigenvalue weighted by Crippen LogP contribution is 2.51. The fraction of sp³-hybridized carbons (Fsp3) is 0.263. The van der Waals surface area contributed by atoms with Crippen molar-refractivity contribution in [3.05, 3.63) is 63.6 Å². The van der Waals surface area contributed by atoms with Crippen LogP contribution < -0.4 is 5.32 Å². The Morgan fingerprint density at radius 3 is 2.30 bits per heavy atom. The van der Waals surface area contributed by atoms with Crippen molar-refractivity contribution >= 4 is 35.1 Å². The van der Waals surface area contributed by atoms with Gasteiger partial charge in [-0.25, -0.2) is 0 Å². The van der Waals surface area contributed by atoms with Gasteiger partial charge in [0.1, 0.15) is 0 Å². The van der Waals surface area contributed by atoms with Crippen molar-refractivity contribution in [2.24, 2.45) is 0 Å². The molecule has 6 nitrogen and oxygen atoms in total. The number of nitrogens with one attached hydrogen (secondary N) is 1. The molecule has 0 saturated heterocycles. The second-order valence-corrected chi connectivity index (χ2v) is 8.47. The Morgan fingerprint density at radius 1 is 1.15 bits per heavy atom. The lowest BCUT2D eigenvalue weighted by Crippen LogP contribution is -2.12. The third kappa shape index (κ3) is 6.02. The zero-order valence-electron chi connectivity index (χ0n) is 15.1. The van der Waals surface area contributed by atoms with E-state index >= 15 is 0 Å². The van der Waals surface area contributed by atoms with Gasteiger partial charge in [0.25, 0.3) is 5.91 Å². The van der Waals surface area contributed by atoms with Crippen LogP contribution in [-0.2, 0) is 19.8 Å². The fourth-order valence-corrected chi connectivity index (χ4v) is 4.57. The number of rotatable bonds is 8. The van der Waals surface area contributed by atoms with Crippen molar-refractivity contribution in [1.82, 2.24) is 0 Å². The maximum atomic E-state index is 12.6. The minimum atomic E-state index is -3.18. The number of hydrogen-bond acceptors (Lipinski definition) is 5. The van der Waals surface area contributed by atoms with Crippen LogP contribution >= 0.6 is 23.5 Å². The SMILES string of the molecule is CCOP(=O)(Cc1ccc(C(=O)Nc2ccc(C#N)cc2Br)cc1)OCC. The molecular formula is C19H20BrN2O4P. The van der Waals surface area contributed by atoms with Gasteiger partial charge in [-0.05, 0) is 65.7 Å². The van der Waals surface area contributed by atoms with Crippen molar-refractivity contribution in [2.75, 3.05) is 18.5 Å². The van der Waals surface area contributed by atoms with Crippen LogP contribution in [0.4, 0.5) is 5.69 Å². The third-order valence-electron chi connectivity index (χ3n) is 3.59. The van der Waals surface area contributed by atoms with Gasteiger partial charge >= 0.3 is 7.60 Å². The number of halogens is 1. The number of amides is 1. The molecule has 2 aromatic rings. The van der Waals surface area contributed by atoms with Crippen LogP contribution in [0.25, 0.3) is 0 Å². The third-order valence-corrected chi connectivity index (χ3v) is 6.30. The first-order valence-electron chi connectivity index (χ1n) is 8.39. The summed E-state index contributed by atoms with van der Waals surface area (Å²) in [6.45, 7) is 4.13. The van der Waals surface area contributed by atoms with Crippen LogP contribution in [0, 0.1) is 11.3 Å². The largest absolute Gasteiger partial charge is 0.335 e. The lowest BCUT2D eigenvalue weighted by atomic mass is 10.1. The lowest BCUT2D eigenvalue weighted by Gasteiger charge is -2.17. The van der Waals surface area contributed by atoms with Gasteiger partial charge < -0.3 is 14.4 Å². The van der Waals surface area contributed by atoms with Gasteiger partial charge in [-0.1, -0.05) is 12.1 Å². The molecule has 1 N–H and O–H groups in total. The molecule has 2 aromatic carbocycles. The molecule has 0 fully saturated rings. The molecule has 0 aliphatic heterocycles. The average Bonchev–Trinajstić information content (AvgIpc) is 2.64. The Kier molecular flexibility index (Phi) is 7.76. The maximum absolute atomic E-state index is 12.6. The quantitative estimate of drug-likeness (QED) is 0.548. The summed E-state index contributed by atoms with van der Waals surface area (Å²) in [6.07, 6.45) is 0.151. The summed E-state index contributed by atoms with van der Waals surface area (Å²) < 4.78 is 23.8. The molecule has 0 spiro atoms. The molecule has 0 bridgehead atoms. The van der Waals surface area contributed by atoms with Crippen LogP contribution in [0.2, 0.25) is 0 Å². The van der Waals surface area contributed by atoms with Gasteiger partial charge in [0, 0.05) is 10.0 Å². The first kappa shape index (κ1) is 21.3. The van der Waals surface area contributed by atoms with Gasteiger partial charge in [-0.15, -0.1) is 0 Å². The number of anilines is 1. The van der Waals surface area contributed by atoms with E-state index in [0.29, 0.717) is 34.5 Å². The topological polar surface area (TPSA) is 88.4 Å². The zero-order valence-corrected chi connectivity index (χ0v) is 17.5. The number of carbonyl (C=O) groups is 1. The van der Waals surface area contributed by atoms with E-state index in [9.17, 15) is 9.36 Å². The summed E-state index contributed by atoms with van der Waals surface area (Å²) in [5.74, 6) is -0.287. The summed E-state index contributed by atoms with van der Waals surface area (Å²) in [4.78, 5) is 12.4. The van der Waals surface area contributed by atoms with E-state index in [0.717, 1.165) is 5.56 Å². The molecular weight excluding hydrogens is 431 g/mol. The number of nitrogens with zero attached hydrogens (tertiary/aromatic N) is 1. The molecule has 0 radical (unpaired) electrons. The van der Waals surface area contributed by atoms with E-state index in [1.54, 1.807) is 56.3 Å². The van der Waals surface area contributed by atoms with Crippen molar-refractivity contribution in [3.63, 3.8) is 0 Å². The molecule has 0 atom stereocenters. The predicted octanol–water partition coefficient (Wildman–Crippen LogP) is 5.34. The minimum absolute atomic E-state index is 0.151. The number of hydrogen-bond donors (Lipinski definition) is 1. The van der Waals surface area contributed by atoms with E-state index in [1.807, 2.05) is 6.07 Å². The summed E-state index contributed by atoms with van der Waals surface area (Å²) >= 11 is 3.34. The second kappa shape index (κ2) is 9.82. The molecule has 2 rings (SSSR count). The first-order chi connectivity index (χ1) is 12.9. The maximum Gasteiger partial charge on any atom is 0.335 e. The molecule has 142 valence electrons. The van der Waals surface area contributed by atoms with E-state index < -0.39 is 7.60 Å². The van der Waals surface area contributed by atoms with E-state index in [1.165, 1.54) is 0 Å². The lowest BCUT2D eigenvalue weighted by molar-refractivity contribution is 0.102. The molecule has 8 heteroatoms. The first-order valence-corrected chi connectivity index (χ1v) is 10.9. The van der Waals surface area contributed by atoms with E-state index in [-0.39, 0.29) is 12.1 Å². The van der Waals surface area contributed by atoms with Gasteiger partial charge in [0.2, 0.25) is 0 Å². The molecule has 0 aromatic heterocycles. The predicted molar refractivity (Wildman–Crippen MR) is 108 cm³/mol. The van der Waals surface area contributed by atoms with Gasteiger partial charge in [-0.3, -0.25) is 9.36 Å². The van der Waals surface area contributed by atoms with Crippen LogP contribution in [0.1, 0.15) is 35.3 Å². The highest BCUT2D eigenvalue weighted by molar-refractivity contribution is 9.10. The van der Waals surface area contributed by atoms with E-state index in [4.69, 9.17) is 14.3 Å². The highest BCUT2D eigenvalue weighted by Gasteiger charge is 2.24.